The van der Waals surface area contributed by atoms with Crippen molar-refractivity contribution < 1.29 is 33.1 Å². The maximum atomic E-state index is 14.0. The monoisotopic (exact) mass is 588 g/mol. The van der Waals surface area contributed by atoms with Crippen molar-refractivity contribution in [3.63, 3.8) is 0 Å². The van der Waals surface area contributed by atoms with Crippen molar-refractivity contribution in [2.75, 3.05) is 44.6 Å². The van der Waals surface area contributed by atoms with E-state index >= 15 is 0 Å². The van der Waals surface area contributed by atoms with Gasteiger partial charge in [-0.2, -0.15) is 0 Å². The Hall–Kier alpha value is -4.77. The highest BCUT2D eigenvalue weighted by Crippen LogP contribution is 2.34. The Morgan fingerprint density at radius 2 is 1.72 bits per heavy atom. The number of nitrogen functional groups attached to an aromatic ring is 1. The van der Waals surface area contributed by atoms with Crippen LogP contribution >= 0.6 is 0 Å². The minimum absolute atomic E-state index is 0.213. The molecule has 3 aromatic rings. The first-order chi connectivity index (χ1) is 20.6. The lowest BCUT2D eigenvalue weighted by molar-refractivity contribution is -0.911. The Labute approximate surface area is 250 Å². The van der Waals surface area contributed by atoms with Gasteiger partial charge in [-0.15, -0.1) is 0 Å². The summed E-state index contributed by atoms with van der Waals surface area (Å²) in [5.41, 5.74) is 15.2. The number of benzene rings is 3. The molecule has 1 fully saturated rings. The lowest BCUT2D eigenvalue weighted by atomic mass is 10.0. The summed E-state index contributed by atoms with van der Waals surface area (Å²) in [6, 6.07) is 18.0. The molecule has 0 bridgehead atoms. The topological polar surface area (TPSA) is 146 Å². The molecule has 3 aromatic carbocycles. The second kappa shape index (κ2) is 12.6. The number of fused-ring (bicyclic) bond motifs is 1. The Morgan fingerprint density at radius 1 is 1.02 bits per heavy atom. The van der Waals surface area contributed by atoms with Gasteiger partial charge < -0.3 is 40.4 Å². The van der Waals surface area contributed by atoms with Crippen molar-refractivity contribution in [1.29, 1.82) is 0 Å². The number of rotatable bonds is 10. The number of quaternary nitrogens is 1. The summed E-state index contributed by atoms with van der Waals surface area (Å²) < 4.78 is 16.7. The van der Waals surface area contributed by atoms with Crippen LogP contribution in [-0.2, 0) is 22.5 Å². The number of urea groups is 1. The average Bonchev–Trinajstić information content (AvgIpc) is 3.60. The molecular weight excluding hydrogens is 550 g/mol. The van der Waals surface area contributed by atoms with E-state index in [4.69, 9.17) is 25.7 Å². The number of carbonyl (C=O) groups is 3. The van der Waals surface area contributed by atoms with Crippen LogP contribution in [0.15, 0.2) is 66.7 Å². The van der Waals surface area contributed by atoms with Crippen LogP contribution in [0.25, 0.3) is 0 Å². The van der Waals surface area contributed by atoms with E-state index in [2.05, 4.69) is 12.4 Å². The van der Waals surface area contributed by atoms with Gasteiger partial charge in [-0.25, -0.2) is 9.59 Å². The highest BCUT2D eigenvalue weighted by Gasteiger charge is 2.44. The lowest BCUT2D eigenvalue weighted by Gasteiger charge is -2.36. The fraction of sp³-hybridized carbons (Fsp3) is 0.344. The molecule has 226 valence electrons. The first kappa shape index (κ1) is 29.7. The molecule has 0 aliphatic carbocycles. The molecule has 11 heteroatoms. The molecule has 0 aromatic heterocycles. The molecule has 5 rings (SSSR count). The van der Waals surface area contributed by atoms with Crippen LogP contribution in [-0.4, -0.2) is 72.9 Å². The van der Waals surface area contributed by atoms with Crippen LogP contribution in [0, 0.1) is 0 Å². The van der Waals surface area contributed by atoms with Crippen LogP contribution in [0.3, 0.4) is 0 Å². The van der Waals surface area contributed by atoms with Gasteiger partial charge in [0.2, 0.25) is 12.7 Å². The first-order valence-corrected chi connectivity index (χ1v) is 14.4. The molecule has 2 heterocycles. The molecule has 5 N–H and O–H groups in total. The minimum atomic E-state index is -0.899. The predicted molar refractivity (Wildman–Crippen MR) is 161 cm³/mol. The number of ether oxygens (including phenoxy) is 3. The SMILES string of the molecule is CCOC(=O)c1ccc(NC(=O)N([C@@H]2CC[N+](C)(Cc3ccc4c(c3)OCO4)C2)[C@@H](Cc2ccc(N)cc2)C(N)=O)cc1. The number of carbonyl (C=O) groups excluding carboxylic acids is 3. The quantitative estimate of drug-likeness (QED) is 0.187. The van der Waals surface area contributed by atoms with Gasteiger partial charge in [0.15, 0.2) is 11.5 Å². The van der Waals surface area contributed by atoms with Crippen molar-refractivity contribution in [1.82, 2.24) is 4.90 Å². The van der Waals surface area contributed by atoms with Gasteiger partial charge in [0.1, 0.15) is 12.6 Å². The zero-order valence-electron chi connectivity index (χ0n) is 24.5. The van der Waals surface area contributed by atoms with Crippen molar-refractivity contribution in [3.05, 3.63) is 83.4 Å². The van der Waals surface area contributed by atoms with Gasteiger partial charge in [0.05, 0.1) is 38.3 Å². The smallest absolute Gasteiger partial charge is 0.338 e. The number of anilines is 2. The summed E-state index contributed by atoms with van der Waals surface area (Å²) in [4.78, 5) is 40.6. The molecule has 1 unspecified atom stereocenters. The Bertz CT molecular complexity index is 1480. The highest BCUT2D eigenvalue weighted by molar-refractivity contribution is 5.95. The molecule has 0 radical (unpaired) electrons. The number of primary amides is 1. The van der Waals surface area contributed by atoms with Crippen LogP contribution in [0.4, 0.5) is 16.2 Å². The zero-order chi connectivity index (χ0) is 30.6. The summed E-state index contributed by atoms with van der Waals surface area (Å²) in [6.07, 6.45) is 0.926. The fourth-order valence-electron chi connectivity index (χ4n) is 5.87. The van der Waals surface area contributed by atoms with Gasteiger partial charge in [-0.05, 0) is 67.1 Å². The zero-order valence-corrected chi connectivity index (χ0v) is 24.5. The minimum Gasteiger partial charge on any atom is -0.462 e. The van der Waals surface area contributed by atoms with Gasteiger partial charge in [-0.1, -0.05) is 12.1 Å². The lowest BCUT2D eigenvalue weighted by Crippen LogP contribution is -2.56. The van der Waals surface area contributed by atoms with Crippen LogP contribution < -0.4 is 26.3 Å². The van der Waals surface area contributed by atoms with E-state index in [0.29, 0.717) is 34.4 Å². The number of likely N-dealkylation sites (N-methyl/N-ethyl adjacent to an activating group) is 1. The number of hydrogen-bond acceptors (Lipinski definition) is 7. The van der Waals surface area contributed by atoms with Crippen molar-refractivity contribution in [2.45, 2.75) is 38.4 Å². The van der Waals surface area contributed by atoms with E-state index in [1.165, 1.54) is 0 Å². The van der Waals surface area contributed by atoms with Crippen molar-refractivity contribution in [3.8, 4) is 11.5 Å². The number of nitrogens with two attached hydrogens (primary N) is 2. The molecular formula is C32H38N5O6+. The second-order valence-electron chi connectivity index (χ2n) is 11.3. The Kier molecular flexibility index (Phi) is 8.72. The molecule has 11 nitrogen and oxygen atoms in total. The van der Waals surface area contributed by atoms with Crippen LogP contribution in [0.1, 0.15) is 34.8 Å². The molecule has 3 atom stereocenters. The molecule has 2 aliphatic rings. The highest BCUT2D eigenvalue weighted by atomic mass is 16.7. The first-order valence-electron chi connectivity index (χ1n) is 14.4. The normalized spacial score (nSPS) is 19.4. The summed E-state index contributed by atoms with van der Waals surface area (Å²) in [5.74, 6) is 0.425. The summed E-state index contributed by atoms with van der Waals surface area (Å²) in [7, 11) is 2.15. The fourth-order valence-corrected chi connectivity index (χ4v) is 5.87. The maximum absolute atomic E-state index is 14.0. The predicted octanol–water partition coefficient (Wildman–Crippen LogP) is 3.52. The van der Waals surface area contributed by atoms with E-state index < -0.39 is 23.9 Å². The van der Waals surface area contributed by atoms with Crippen molar-refractivity contribution >= 4 is 29.3 Å². The van der Waals surface area contributed by atoms with Crippen LogP contribution in [0.5, 0.6) is 11.5 Å². The maximum Gasteiger partial charge on any atom is 0.338 e. The molecule has 0 spiro atoms. The number of amides is 3. The average molecular weight is 589 g/mol. The largest absolute Gasteiger partial charge is 0.462 e. The second-order valence-corrected chi connectivity index (χ2v) is 11.3. The van der Waals surface area contributed by atoms with Gasteiger partial charge in [0.25, 0.3) is 0 Å². The molecule has 0 saturated carbocycles. The molecule has 43 heavy (non-hydrogen) atoms. The van der Waals surface area contributed by atoms with E-state index in [1.807, 2.05) is 30.3 Å². The van der Waals surface area contributed by atoms with E-state index in [9.17, 15) is 14.4 Å². The van der Waals surface area contributed by atoms with Gasteiger partial charge in [0, 0.05) is 29.8 Å². The number of nitrogens with one attached hydrogen (secondary N) is 1. The molecule has 3 amide bonds. The number of nitrogens with zero attached hydrogens (tertiary/aromatic N) is 2. The number of esters is 1. The summed E-state index contributed by atoms with van der Waals surface area (Å²) in [5, 5.41) is 2.92. The third-order valence-electron chi connectivity index (χ3n) is 8.00. The van der Waals surface area contributed by atoms with Gasteiger partial charge >= 0.3 is 12.0 Å². The molecule has 2 aliphatic heterocycles. The van der Waals surface area contributed by atoms with E-state index in [-0.39, 0.29) is 25.9 Å². The third-order valence-corrected chi connectivity index (χ3v) is 8.00. The van der Waals surface area contributed by atoms with E-state index in [1.54, 1.807) is 48.2 Å². The van der Waals surface area contributed by atoms with Gasteiger partial charge in [-0.3, -0.25) is 4.79 Å². The number of likely N-dealkylation sites (tertiary alicyclic amines) is 1. The summed E-state index contributed by atoms with van der Waals surface area (Å²) in [6.45, 7) is 4.35. The summed E-state index contributed by atoms with van der Waals surface area (Å²) >= 11 is 0. The van der Waals surface area contributed by atoms with E-state index in [0.717, 1.165) is 35.7 Å². The molecule has 1 saturated heterocycles. The van der Waals surface area contributed by atoms with Crippen LogP contribution in [0.2, 0.25) is 0 Å². The van der Waals surface area contributed by atoms with Crippen molar-refractivity contribution in [2.24, 2.45) is 5.73 Å². The number of hydrogen-bond donors (Lipinski definition) is 3. The standard InChI is InChI=1S/C32H37N5O6/c1-3-41-31(39)23-7-11-25(12-8-23)35-32(40)36(27(30(34)38)16-21-4-9-24(33)10-5-21)26-14-15-37(2,19-26)18-22-6-13-28-29(17-22)43-20-42-28/h4-13,17,26-27H,3,14-16,18-20,33H2,1-2H3,(H2-,34,35,38,39,40)/p+1/t26-,27+,37?/m1/s1. The Balaban J connectivity index is 1.38. The third kappa shape index (κ3) is 7.00. The Morgan fingerprint density at radius 3 is 2.42 bits per heavy atom.